The number of carbonyl (C=O) groups is 1. The standard InChI is InChI=1S/C19H19FN4O3S/c20-14-1-3-16(4-2-14)27-13-18(26)23-7-5-22(6-8-23)12-15-11-17(25)24-9-10-28-19(24)21-15/h1-4,9-11H,5-8,12-13H2. The highest BCUT2D eigenvalue weighted by molar-refractivity contribution is 7.15. The van der Waals surface area contributed by atoms with Crippen molar-refractivity contribution in [1.82, 2.24) is 19.2 Å². The fourth-order valence-electron chi connectivity index (χ4n) is 3.12. The second-order valence-electron chi connectivity index (χ2n) is 6.54. The highest BCUT2D eigenvalue weighted by Crippen LogP contribution is 2.13. The van der Waals surface area contributed by atoms with Crippen LogP contribution in [0.2, 0.25) is 0 Å². The van der Waals surface area contributed by atoms with E-state index < -0.39 is 0 Å². The number of benzene rings is 1. The summed E-state index contributed by atoms with van der Waals surface area (Å²) in [5.41, 5.74) is 0.667. The van der Waals surface area contributed by atoms with Gasteiger partial charge >= 0.3 is 0 Å². The van der Waals surface area contributed by atoms with Gasteiger partial charge < -0.3 is 9.64 Å². The Labute approximate surface area is 164 Å². The Morgan fingerprint density at radius 1 is 1.18 bits per heavy atom. The minimum atomic E-state index is -0.342. The minimum Gasteiger partial charge on any atom is -0.484 e. The largest absolute Gasteiger partial charge is 0.484 e. The third-order valence-corrected chi connectivity index (χ3v) is 5.40. The predicted molar refractivity (Wildman–Crippen MR) is 103 cm³/mol. The van der Waals surface area contributed by atoms with Gasteiger partial charge in [-0.1, -0.05) is 0 Å². The first kappa shape index (κ1) is 18.6. The Balaban J connectivity index is 1.28. The molecule has 28 heavy (non-hydrogen) atoms. The molecule has 3 heterocycles. The SMILES string of the molecule is O=C(COc1ccc(F)cc1)N1CCN(Cc2cc(=O)n3ccsc3n2)CC1. The zero-order valence-corrected chi connectivity index (χ0v) is 15.9. The summed E-state index contributed by atoms with van der Waals surface area (Å²) in [7, 11) is 0. The quantitative estimate of drug-likeness (QED) is 0.649. The normalized spacial score (nSPS) is 15.1. The van der Waals surface area contributed by atoms with Crippen molar-refractivity contribution in [3.05, 3.63) is 63.8 Å². The maximum atomic E-state index is 12.9. The van der Waals surface area contributed by atoms with Gasteiger partial charge in [-0.3, -0.25) is 18.9 Å². The van der Waals surface area contributed by atoms with Gasteiger partial charge in [0.2, 0.25) is 0 Å². The number of rotatable bonds is 5. The lowest BCUT2D eigenvalue weighted by Crippen LogP contribution is -2.49. The maximum absolute atomic E-state index is 12.9. The summed E-state index contributed by atoms with van der Waals surface area (Å²) in [6.45, 7) is 3.09. The van der Waals surface area contributed by atoms with Gasteiger partial charge in [0.15, 0.2) is 11.6 Å². The number of fused-ring (bicyclic) bond motifs is 1. The number of hydrogen-bond acceptors (Lipinski definition) is 6. The van der Waals surface area contributed by atoms with Gasteiger partial charge in [-0.05, 0) is 24.3 Å². The molecule has 1 saturated heterocycles. The molecule has 4 rings (SSSR count). The lowest BCUT2D eigenvalue weighted by atomic mass is 10.2. The molecule has 146 valence electrons. The Morgan fingerprint density at radius 2 is 1.93 bits per heavy atom. The van der Waals surface area contributed by atoms with Gasteiger partial charge in [0.25, 0.3) is 11.5 Å². The number of hydrogen-bond donors (Lipinski definition) is 0. The van der Waals surface area contributed by atoms with E-state index in [1.165, 1.54) is 40.0 Å². The number of ether oxygens (including phenoxy) is 1. The van der Waals surface area contributed by atoms with Gasteiger partial charge in [0.1, 0.15) is 11.6 Å². The molecule has 0 saturated carbocycles. The van der Waals surface area contributed by atoms with E-state index in [4.69, 9.17) is 4.74 Å². The van der Waals surface area contributed by atoms with E-state index in [1.807, 2.05) is 5.38 Å². The minimum absolute atomic E-state index is 0.0704. The average Bonchev–Trinajstić information content (AvgIpc) is 3.17. The first-order valence-corrected chi connectivity index (χ1v) is 9.81. The molecule has 0 bridgehead atoms. The molecule has 1 aliphatic heterocycles. The van der Waals surface area contributed by atoms with Crippen LogP contribution in [0.5, 0.6) is 5.75 Å². The van der Waals surface area contributed by atoms with Crippen molar-refractivity contribution in [1.29, 1.82) is 0 Å². The molecule has 2 aromatic heterocycles. The van der Waals surface area contributed by atoms with E-state index in [0.717, 1.165) is 5.69 Å². The van der Waals surface area contributed by atoms with E-state index in [9.17, 15) is 14.0 Å². The van der Waals surface area contributed by atoms with Crippen LogP contribution >= 0.6 is 11.3 Å². The van der Waals surface area contributed by atoms with Gasteiger partial charge in [0.05, 0.1) is 5.69 Å². The van der Waals surface area contributed by atoms with Crippen LogP contribution in [0.3, 0.4) is 0 Å². The molecule has 3 aromatic rings. The molecule has 1 amide bonds. The lowest BCUT2D eigenvalue weighted by molar-refractivity contribution is -0.135. The molecule has 0 radical (unpaired) electrons. The van der Waals surface area contributed by atoms with E-state index >= 15 is 0 Å². The summed E-state index contributed by atoms with van der Waals surface area (Å²) < 4.78 is 19.9. The molecule has 0 unspecified atom stereocenters. The molecule has 0 N–H and O–H groups in total. The van der Waals surface area contributed by atoms with Crippen LogP contribution in [0.1, 0.15) is 5.69 Å². The highest BCUT2D eigenvalue weighted by Gasteiger charge is 2.22. The van der Waals surface area contributed by atoms with Crippen LogP contribution in [0.15, 0.2) is 46.7 Å². The summed E-state index contributed by atoms with van der Waals surface area (Å²) in [4.78, 5) is 33.5. The van der Waals surface area contributed by atoms with Crippen LogP contribution in [0, 0.1) is 5.82 Å². The fourth-order valence-corrected chi connectivity index (χ4v) is 3.86. The molecule has 0 spiro atoms. The van der Waals surface area contributed by atoms with Gasteiger partial charge in [-0.2, -0.15) is 0 Å². The van der Waals surface area contributed by atoms with Gasteiger partial charge in [-0.15, -0.1) is 11.3 Å². The smallest absolute Gasteiger partial charge is 0.260 e. The third kappa shape index (κ3) is 4.20. The number of carbonyl (C=O) groups excluding carboxylic acids is 1. The number of amides is 1. The van der Waals surface area contributed by atoms with E-state index in [0.29, 0.717) is 43.4 Å². The average molecular weight is 402 g/mol. The van der Waals surface area contributed by atoms with Gasteiger partial charge in [-0.25, -0.2) is 9.37 Å². The zero-order valence-electron chi connectivity index (χ0n) is 15.1. The summed E-state index contributed by atoms with van der Waals surface area (Å²) >= 11 is 1.43. The van der Waals surface area contributed by atoms with Crippen molar-refractivity contribution < 1.29 is 13.9 Å². The molecular weight excluding hydrogens is 383 g/mol. The van der Waals surface area contributed by atoms with Crippen LogP contribution in [0.25, 0.3) is 4.96 Å². The van der Waals surface area contributed by atoms with Crippen molar-refractivity contribution in [2.75, 3.05) is 32.8 Å². The Morgan fingerprint density at radius 3 is 2.68 bits per heavy atom. The maximum Gasteiger partial charge on any atom is 0.260 e. The van der Waals surface area contributed by atoms with Crippen molar-refractivity contribution >= 4 is 22.2 Å². The third-order valence-electron chi connectivity index (χ3n) is 4.64. The summed E-state index contributed by atoms with van der Waals surface area (Å²) in [5, 5.41) is 1.84. The van der Waals surface area contributed by atoms with Crippen LogP contribution in [0.4, 0.5) is 4.39 Å². The molecule has 0 aliphatic carbocycles. The fraction of sp³-hybridized carbons (Fsp3) is 0.316. The monoisotopic (exact) mass is 402 g/mol. The molecular formula is C19H19FN4O3S. The first-order valence-electron chi connectivity index (χ1n) is 8.93. The molecule has 1 aliphatic rings. The molecule has 1 aromatic carbocycles. The van der Waals surface area contributed by atoms with E-state index in [2.05, 4.69) is 9.88 Å². The number of piperazine rings is 1. The zero-order chi connectivity index (χ0) is 19.5. The van der Waals surface area contributed by atoms with E-state index in [1.54, 1.807) is 17.2 Å². The Kier molecular flexibility index (Phi) is 5.36. The Hall–Kier alpha value is -2.78. The number of halogens is 1. The van der Waals surface area contributed by atoms with Crippen molar-refractivity contribution in [3.8, 4) is 5.75 Å². The van der Waals surface area contributed by atoms with Crippen LogP contribution in [-0.2, 0) is 11.3 Å². The number of nitrogens with zero attached hydrogens (tertiary/aromatic N) is 4. The molecule has 1 fully saturated rings. The van der Waals surface area contributed by atoms with Crippen molar-refractivity contribution in [3.63, 3.8) is 0 Å². The van der Waals surface area contributed by atoms with Crippen molar-refractivity contribution in [2.45, 2.75) is 6.54 Å². The van der Waals surface area contributed by atoms with Crippen molar-refractivity contribution in [2.24, 2.45) is 0 Å². The first-order chi connectivity index (χ1) is 13.6. The summed E-state index contributed by atoms with van der Waals surface area (Å²) in [6, 6.07) is 7.16. The number of aromatic nitrogens is 2. The summed E-state index contributed by atoms with van der Waals surface area (Å²) in [5.74, 6) is 0.0280. The van der Waals surface area contributed by atoms with Crippen LogP contribution in [-0.4, -0.2) is 57.9 Å². The topological polar surface area (TPSA) is 67.2 Å². The van der Waals surface area contributed by atoms with Gasteiger partial charge in [0, 0.05) is 50.4 Å². The lowest BCUT2D eigenvalue weighted by Gasteiger charge is -2.34. The molecule has 7 nitrogen and oxygen atoms in total. The Bertz CT molecular complexity index is 1030. The predicted octanol–water partition coefficient (Wildman–Crippen LogP) is 1.62. The molecule has 9 heteroatoms. The second kappa shape index (κ2) is 8.07. The summed E-state index contributed by atoms with van der Waals surface area (Å²) in [6.07, 6.45) is 1.72. The van der Waals surface area contributed by atoms with Crippen LogP contribution < -0.4 is 10.3 Å². The molecule has 0 atom stereocenters. The second-order valence-corrected chi connectivity index (χ2v) is 7.41. The van der Waals surface area contributed by atoms with E-state index in [-0.39, 0.29) is 23.9 Å². The highest BCUT2D eigenvalue weighted by atomic mass is 32.1. The number of thiazole rings is 1.